The van der Waals surface area contributed by atoms with Crippen LogP contribution in [-0.2, 0) is 14.8 Å². The number of H-pyrrole nitrogens is 1. The van der Waals surface area contributed by atoms with Crippen molar-refractivity contribution in [2.24, 2.45) is 5.92 Å². The Morgan fingerprint density at radius 2 is 1.92 bits per heavy atom. The second kappa shape index (κ2) is 7.25. The van der Waals surface area contributed by atoms with Crippen LogP contribution in [0.1, 0.15) is 43.1 Å². The number of hydrogen-bond acceptors (Lipinski definition) is 4. The summed E-state index contributed by atoms with van der Waals surface area (Å²) in [5, 5.41) is 3.00. The minimum absolute atomic E-state index is 0.131. The SMILES string of the molecule is CC1CCC(NC(=O)c2cc(S(=O)(=O)N3CCOCC3)c[nH]2)CC1. The van der Waals surface area contributed by atoms with E-state index in [0.717, 1.165) is 25.7 Å². The molecule has 2 N–H and O–H groups in total. The number of aromatic nitrogens is 1. The number of amides is 1. The second-order valence-corrected chi connectivity index (χ2v) is 8.63. The van der Waals surface area contributed by atoms with Gasteiger partial charge in [-0.3, -0.25) is 4.79 Å². The normalized spacial score (nSPS) is 26.2. The topological polar surface area (TPSA) is 91.5 Å². The first-order valence-electron chi connectivity index (χ1n) is 8.54. The molecule has 1 aromatic heterocycles. The molecule has 7 nitrogen and oxygen atoms in total. The molecule has 1 amide bonds. The quantitative estimate of drug-likeness (QED) is 0.853. The Hall–Kier alpha value is -1.38. The highest BCUT2D eigenvalue weighted by molar-refractivity contribution is 7.89. The average molecular weight is 355 g/mol. The highest BCUT2D eigenvalue weighted by atomic mass is 32.2. The van der Waals surface area contributed by atoms with Crippen LogP contribution in [0.15, 0.2) is 17.2 Å². The maximum Gasteiger partial charge on any atom is 0.267 e. The molecular formula is C16H25N3O4S. The number of nitrogens with zero attached hydrogens (tertiary/aromatic N) is 1. The summed E-state index contributed by atoms with van der Waals surface area (Å²) in [6.07, 6.45) is 5.58. The predicted molar refractivity (Wildman–Crippen MR) is 89.3 cm³/mol. The van der Waals surface area contributed by atoms with Gasteiger partial charge >= 0.3 is 0 Å². The van der Waals surface area contributed by atoms with E-state index in [1.54, 1.807) is 0 Å². The molecule has 1 aliphatic carbocycles. The van der Waals surface area contributed by atoms with E-state index in [1.165, 1.54) is 16.6 Å². The lowest BCUT2D eigenvalue weighted by atomic mass is 9.87. The molecular weight excluding hydrogens is 330 g/mol. The van der Waals surface area contributed by atoms with Gasteiger partial charge in [0.15, 0.2) is 0 Å². The summed E-state index contributed by atoms with van der Waals surface area (Å²) < 4.78 is 31.7. The molecule has 0 radical (unpaired) electrons. The molecule has 1 saturated carbocycles. The van der Waals surface area contributed by atoms with E-state index in [2.05, 4.69) is 17.2 Å². The van der Waals surface area contributed by atoms with Crippen molar-refractivity contribution in [1.29, 1.82) is 0 Å². The summed E-state index contributed by atoms with van der Waals surface area (Å²) in [4.78, 5) is 15.3. The molecule has 1 aromatic rings. The van der Waals surface area contributed by atoms with Crippen LogP contribution in [-0.4, -0.2) is 56.0 Å². The van der Waals surface area contributed by atoms with Gasteiger partial charge in [-0.1, -0.05) is 6.92 Å². The number of morpholine rings is 1. The van der Waals surface area contributed by atoms with Crippen LogP contribution in [0, 0.1) is 5.92 Å². The Kier molecular flexibility index (Phi) is 5.27. The fourth-order valence-corrected chi connectivity index (χ4v) is 4.66. The van der Waals surface area contributed by atoms with Gasteiger partial charge < -0.3 is 15.0 Å². The van der Waals surface area contributed by atoms with Gasteiger partial charge in [0.25, 0.3) is 5.91 Å². The van der Waals surface area contributed by atoms with Crippen molar-refractivity contribution in [3.05, 3.63) is 18.0 Å². The molecule has 0 spiro atoms. The lowest BCUT2D eigenvalue weighted by molar-refractivity contribution is 0.0730. The molecule has 1 saturated heterocycles. The Morgan fingerprint density at radius 1 is 1.25 bits per heavy atom. The van der Waals surface area contributed by atoms with Crippen LogP contribution in [0.25, 0.3) is 0 Å². The molecule has 134 valence electrons. The van der Waals surface area contributed by atoms with Crippen molar-refractivity contribution in [2.75, 3.05) is 26.3 Å². The van der Waals surface area contributed by atoms with E-state index >= 15 is 0 Å². The Balaban J connectivity index is 1.65. The zero-order valence-corrected chi connectivity index (χ0v) is 14.8. The van der Waals surface area contributed by atoms with Crippen LogP contribution >= 0.6 is 0 Å². The summed E-state index contributed by atoms with van der Waals surface area (Å²) in [5.41, 5.74) is 0.292. The maximum absolute atomic E-state index is 12.6. The van der Waals surface area contributed by atoms with Crippen LogP contribution in [0.3, 0.4) is 0 Å². The summed E-state index contributed by atoms with van der Waals surface area (Å²) in [7, 11) is -3.57. The van der Waals surface area contributed by atoms with Gasteiger partial charge in [-0.2, -0.15) is 4.31 Å². The van der Waals surface area contributed by atoms with Crippen molar-refractivity contribution in [3.63, 3.8) is 0 Å². The lowest BCUT2D eigenvalue weighted by Crippen LogP contribution is -2.40. The first-order chi connectivity index (χ1) is 11.5. The fraction of sp³-hybridized carbons (Fsp3) is 0.688. The van der Waals surface area contributed by atoms with Gasteiger partial charge in [0.1, 0.15) is 10.6 Å². The summed E-state index contributed by atoms with van der Waals surface area (Å²) in [6, 6.07) is 1.60. The zero-order chi connectivity index (χ0) is 17.2. The zero-order valence-electron chi connectivity index (χ0n) is 14.0. The molecule has 0 aromatic carbocycles. The van der Waals surface area contributed by atoms with Gasteiger partial charge in [-0.15, -0.1) is 0 Å². The van der Waals surface area contributed by atoms with Crippen molar-refractivity contribution in [3.8, 4) is 0 Å². The molecule has 2 heterocycles. The highest BCUT2D eigenvalue weighted by Gasteiger charge is 2.28. The molecule has 3 rings (SSSR count). The largest absolute Gasteiger partial charge is 0.379 e. The predicted octanol–water partition coefficient (Wildman–Crippen LogP) is 1.34. The van der Waals surface area contributed by atoms with Gasteiger partial charge in [0.05, 0.1) is 13.2 Å². The number of sulfonamides is 1. The van der Waals surface area contributed by atoms with E-state index in [0.29, 0.717) is 37.9 Å². The third-order valence-corrected chi connectivity index (χ3v) is 6.74. The van der Waals surface area contributed by atoms with Crippen molar-refractivity contribution in [1.82, 2.24) is 14.6 Å². The van der Waals surface area contributed by atoms with Crippen LogP contribution in [0.4, 0.5) is 0 Å². The van der Waals surface area contributed by atoms with Gasteiger partial charge in [0.2, 0.25) is 10.0 Å². The third-order valence-electron chi connectivity index (χ3n) is 4.86. The van der Waals surface area contributed by atoms with Crippen LogP contribution in [0.5, 0.6) is 0 Å². The van der Waals surface area contributed by atoms with Gasteiger partial charge in [0, 0.05) is 25.3 Å². The molecule has 8 heteroatoms. The van der Waals surface area contributed by atoms with E-state index in [4.69, 9.17) is 4.74 Å². The van der Waals surface area contributed by atoms with Gasteiger partial charge in [-0.05, 0) is 37.7 Å². The van der Waals surface area contributed by atoms with E-state index in [1.807, 2.05) is 0 Å². The first kappa shape index (κ1) is 17.4. The molecule has 0 atom stereocenters. The number of rotatable bonds is 4. The van der Waals surface area contributed by atoms with E-state index in [-0.39, 0.29) is 16.8 Å². The van der Waals surface area contributed by atoms with E-state index < -0.39 is 10.0 Å². The van der Waals surface area contributed by atoms with Crippen LogP contribution in [0.2, 0.25) is 0 Å². The van der Waals surface area contributed by atoms with Crippen molar-refractivity contribution in [2.45, 2.75) is 43.5 Å². The first-order valence-corrected chi connectivity index (χ1v) is 9.98. The lowest BCUT2D eigenvalue weighted by Gasteiger charge is -2.26. The number of nitrogens with one attached hydrogen (secondary N) is 2. The Labute approximate surface area is 142 Å². The summed E-state index contributed by atoms with van der Waals surface area (Å²) in [6.45, 7) is 3.71. The minimum Gasteiger partial charge on any atom is -0.379 e. The number of carbonyl (C=O) groups is 1. The highest BCUT2D eigenvalue weighted by Crippen LogP contribution is 2.24. The average Bonchev–Trinajstić information content (AvgIpc) is 3.09. The number of carbonyl (C=O) groups excluding carboxylic acids is 1. The minimum atomic E-state index is -3.57. The fourth-order valence-electron chi connectivity index (χ4n) is 3.26. The molecule has 0 unspecified atom stereocenters. The van der Waals surface area contributed by atoms with E-state index in [9.17, 15) is 13.2 Å². The summed E-state index contributed by atoms with van der Waals surface area (Å²) >= 11 is 0. The monoisotopic (exact) mass is 355 g/mol. The molecule has 24 heavy (non-hydrogen) atoms. The smallest absolute Gasteiger partial charge is 0.267 e. The molecule has 1 aliphatic heterocycles. The van der Waals surface area contributed by atoms with Gasteiger partial charge in [-0.25, -0.2) is 8.42 Å². The van der Waals surface area contributed by atoms with Crippen molar-refractivity contribution >= 4 is 15.9 Å². The second-order valence-electron chi connectivity index (χ2n) is 6.70. The maximum atomic E-state index is 12.6. The van der Waals surface area contributed by atoms with Crippen molar-refractivity contribution < 1.29 is 17.9 Å². The number of hydrogen-bond donors (Lipinski definition) is 2. The molecule has 2 fully saturated rings. The Bertz CT molecular complexity index is 671. The molecule has 2 aliphatic rings. The molecule has 0 bridgehead atoms. The standard InChI is InChI=1S/C16H25N3O4S/c1-12-2-4-13(5-3-12)18-16(20)15-10-14(11-17-15)24(21,22)19-6-8-23-9-7-19/h10-13,17H,2-9H2,1H3,(H,18,20). The third kappa shape index (κ3) is 3.81. The number of ether oxygens (including phenoxy) is 1. The number of aromatic amines is 1. The summed E-state index contributed by atoms with van der Waals surface area (Å²) in [5.74, 6) is 0.479. The van der Waals surface area contributed by atoms with Crippen LogP contribution < -0.4 is 5.32 Å². The Morgan fingerprint density at radius 3 is 2.58 bits per heavy atom.